The fourth-order valence-corrected chi connectivity index (χ4v) is 2.68. The van der Waals surface area contributed by atoms with E-state index >= 15 is 0 Å². The summed E-state index contributed by atoms with van der Waals surface area (Å²) in [5, 5.41) is 27.2. The van der Waals surface area contributed by atoms with Gasteiger partial charge in [0.15, 0.2) is 0 Å². The molecule has 1 aromatic heterocycles. The lowest BCUT2D eigenvalue weighted by Gasteiger charge is -2.11. The first kappa shape index (κ1) is 19.9. The van der Waals surface area contributed by atoms with Crippen LogP contribution in [0.15, 0.2) is 42.6 Å². The maximum atomic E-state index is 9.99. The monoisotopic (exact) mass is 366 g/mol. The molecule has 3 rings (SSSR count). The molecule has 6 nitrogen and oxygen atoms in total. The molecule has 27 heavy (non-hydrogen) atoms. The minimum Gasteiger partial charge on any atom is -0.508 e. The first-order chi connectivity index (χ1) is 12.9. The lowest BCUT2D eigenvalue weighted by Crippen LogP contribution is -2.04. The summed E-state index contributed by atoms with van der Waals surface area (Å²) in [6.45, 7) is 6.38. The van der Waals surface area contributed by atoms with Crippen molar-refractivity contribution in [1.29, 1.82) is 5.26 Å². The Morgan fingerprint density at radius 1 is 1.30 bits per heavy atom. The molecule has 0 aliphatic heterocycles. The van der Waals surface area contributed by atoms with Crippen LogP contribution in [-0.4, -0.2) is 27.9 Å². The van der Waals surface area contributed by atoms with Gasteiger partial charge in [0.1, 0.15) is 17.6 Å². The number of phenols is 1. The van der Waals surface area contributed by atoms with Gasteiger partial charge in [0.25, 0.3) is 6.47 Å². The number of aromatic hydroxyl groups is 1. The Kier molecular flexibility index (Phi) is 6.45. The Balaban J connectivity index is 0.000000817. The van der Waals surface area contributed by atoms with E-state index in [0.29, 0.717) is 23.8 Å². The highest BCUT2D eigenvalue weighted by molar-refractivity contribution is 5.93. The zero-order valence-electron chi connectivity index (χ0n) is 15.5. The largest absolute Gasteiger partial charge is 0.508 e. The van der Waals surface area contributed by atoms with Crippen LogP contribution in [0.1, 0.15) is 25.0 Å². The summed E-state index contributed by atoms with van der Waals surface area (Å²) in [7, 11) is 0. The van der Waals surface area contributed by atoms with Gasteiger partial charge in [-0.25, -0.2) is 0 Å². The number of nitrogens with zero attached hydrogens (tertiary/aromatic N) is 2. The number of aryl methyl sites for hydroxylation is 1. The summed E-state index contributed by atoms with van der Waals surface area (Å²) < 4.78 is 7.81. The second kappa shape index (κ2) is 8.77. The number of carboxylic acid groups (broad SMARTS) is 1. The van der Waals surface area contributed by atoms with Crippen molar-refractivity contribution < 1.29 is 19.7 Å². The van der Waals surface area contributed by atoms with Crippen LogP contribution >= 0.6 is 0 Å². The Morgan fingerprint density at radius 2 is 2.00 bits per heavy atom. The van der Waals surface area contributed by atoms with Crippen molar-refractivity contribution >= 4 is 17.4 Å². The zero-order valence-corrected chi connectivity index (χ0v) is 15.5. The lowest BCUT2D eigenvalue weighted by atomic mass is 10.1. The van der Waals surface area contributed by atoms with Gasteiger partial charge < -0.3 is 19.5 Å². The molecule has 0 atom stereocenters. The van der Waals surface area contributed by atoms with Crippen molar-refractivity contribution in [1.82, 2.24) is 4.57 Å². The van der Waals surface area contributed by atoms with Crippen LogP contribution in [0, 0.1) is 24.2 Å². The fourth-order valence-electron chi connectivity index (χ4n) is 2.68. The van der Waals surface area contributed by atoms with Crippen LogP contribution in [0.2, 0.25) is 0 Å². The topological polar surface area (TPSA) is 95.5 Å². The molecule has 3 aromatic rings. The van der Waals surface area contributed by atoms with Crippen molar-refractivity contribution in [3.05, 3.63) is 53.7 Å². The summed E-state index contributed by atoms with van der Waals surface area (Å²) in [6, 6.07) is 13.5. The Hall–Kier alpha value is -3.46. The number of benzene rings is 2. The smallest absolute Gasteiger partial charge is 0.290 e. The molecule has 140 valence electrons. The second-order valence-corrected chi connectivity index (χ2v) is 6.46. The van der Waals surface area contributed by atoms with E-state index in [4.69, 9.17) is 14.6 Å². The van der Waals surface area contributed by atoms with E-state index in [0.717, 1.165) is 22.2 Å². The molecule has 0 unspecified atom stereocenters. The third-order valence-electron chi connectivity index (χ3n) is 3.95. The van der Waals surface area contributed by atoms with E-state index in [-0.39, 0.29) is 12.2 Å². The third kappa shape index (κ3) is 4.39. The Bertz CT molecular complexity index is 984. The normalized spacial score (nSPS) is 10.2. The van der Waals surface area contributed by atoms with Crippen molar-refractivity contribution in [3.8, 4) is 23.3 Å². The van der Waals surface area contributed by atoms with Gasteiger partial charge in [0.2, 0.25) is 0 Å². The van der Waals surface area contributed by atoms with E-state index < -0.39 is 0 Å². The van der Waals surface area contributed by atoms with E-state index in [1.807, 2.05) is 41.8 Å². The van der Waals surface area contributed by atoms with Gasteiger partial charge in [-0.3, -0.25) is 4.79 Å². The summed E-state index contributed by atoms with van der Waals surface area (Å²) >= 11 is 0. The van der Waals surface area contributed by atoms with Gasteiger partial charge in [-0.15, -0.1) is 0 Å². The number of nitriles is 1. The number of hydrogen-bond acceptors (Lipinski definition) is 4. The average Bonchev–Trinajstić information content (AvgIpc) is 3.02. The van der Waals surface area contributed by atoms with Crippen molar-refractivity contribution in [2.45, 2.75) is 20.8 Å². The number of aromatic nitrogens is 1. The molecule has 1 heterocycles. The number of fused-ring (bicyclic) bond motifs is 1. The molecule has 0 spiro atoms. The van der Waals surface area contributed by atoms with Gasteiger partial charge in [0, 0.05) is 18.0 Å². The van der Waals surface area contributed by atoms with Crippen molar-refractivity contribution in [2.75, 3.05) is 6.61 Å². The molecule has 0 fully saturated rings. The molecule has 0 radical (unpaired) electrons. The minimum absolute atomic E-state index is 0.236. The summed E-state index contributed by atoms with van der Waals surface area (Å²) in [4.78, 5) is 8.36. The van der Waals surface area contributed by atoms with E-state index in [2.05, 4.69) is 19.9 Å². The predicted molar refractivity (Wildman–Crippen MR) is 103 cm³/mol. The van der Waals surface area contributed by atoms with E-state index in [1.54, 1.807) is 12.3 Å². The number of rotatable bonds is 4. The Morgan fingerprint density at radius 3 is 2.59 bits per heavy atom. The molecule has 0 saturated heterocycles. The number of carbonyl (C=O) groups is 1. The maximum Gasteiger partial charge on any atom is 0.290 e. The molecule has 6 heteroatoms. The summed E-state index contributed by atoms with van der Waals surface area (Å²) in [6.07, 6.45) is 1.79. The minimum atomic E-state index is -0.250. The van der Waals surface area contributed by atoms with Crippen molar-refractivity contribution in [3.63, 3.8) is 0 Å². The highest BCUT2D eigenvalue weighted by Crippen LogP contribution is 2.33. The first-order valence-corrected chi connectivity index (χ1v) is 8.47. The van der Waals surface area contributed by atoms with Gasteiger partial charge in [0.05, 0.1) is 23.1 Å². The van der Waals surface area contributed by atoms with E-state index in [1.165, 1.54) is 0 Å². The molecule has 0 amide bonds. The van der Waals surface area contributed by atoms with Gasteiger partial charge in [-0.1, -0.05) is 26.0 Å². The molecule has 0 bridgehead atoms. The second-order valence-electron chi connectivity index (χ2n) is 6.46. The molecule has 0 saturated carbocycles. The average molecular weight is 366 g/mol. The Labute approximate surface area is 157 Å². The van der Waals surface area contributed by atoms with Crippen LogP contribution in [0.3, 0.4) is 0 Å². The lowest BCUT2D eigenvalue weighted by molar-refractivity contribution is -0.122. The van der Waals surface area contributed by atoms with Gasteiger partial charge in [-0.05, 0) is 36.6 Å². The molecule has 0 aliphatic carbocycles. The molecular formula is C21H22N2O4. The van der Waals surface area contributed by atoms with Crippen LogP contribution in [0.4, 0.5) is 0 Å². The zero-order chi connectivity index (χ0) is 20.0. The molecule has 0 aliphatic rings. The number of hydrogen-bond donors (Lipinski definition) is 2. The molecule has 2 N–H and O–H groups in total. The highest BCUT2D eigenvalue weighted by Gasteiger charge is 2.15. The summed E-state index contributed by atoms with van der Waals surface area (Å²) in [5.41, 5.74) is 3.07. The van der Waals surface area contributed by atoms with E-state index in [9.17, 15) is 10.4 Å². The van der Waals surface area contributed by atoms with Crippen LogP contribution < -0.4 is 4.74 Å². The quantitative estimate of drug-likeness (QED) is 0.673. The highest BCUT2D eigenvalue weighted by atomic mass is 16.5. The third-order valence-corrected chi connectivity index (χ3v) is 3.95. The SMILES string of the molecule is Cc1ccc(-n2cc(C#N)c3c(OCC(C)C)cccc32)cc1O.O=CO. The van der Waals surface area contributed by atoms with Crippen LogP contribution in [0.5, 0.6) is 11.5 Å². The van der Waals surface area contributed by atoms with Crippen LogP contribution in [0.25, 0.3) is 16.6 Å². The van der Waals surface area contributed by atoms with Gasteiger partial charge in [-0.2, -0.15) is 5.26 Å². The molecular weight excluding hydrogens is 344 g/mol. The standard InChI is InChI=1S/C20H20N2O2.CH2O2/c1-13(2)12-24-19-6-4-5-17-20(19)15(10-21)11-22(17)16-8-7-14(3)18(23)9-16;2-1-3/h4-9,11,13,23H,12H2,1-3H3;1H,(H,2,3). The molecule has 2 aromatic carbocycles. The maximum absolute atomic E-state index is 9.99. The summed E-state index contributed by atoms with van der Waals surface area (Å²) in [5.74, 6) is 1.36. The van der Waals surface area contributed by atoms with Gasteiger partial charge >= 0.3 is 0 Å². The first-order valence-electron chi connectivity index (χ1n) is 8.47. The number of ether oxygens (including phenoxy) is 1. The van der Waals surface area contributed by atoms with Crippen LogP contribution in [-0.2, 0) is 4.79 Å². The predicted octanol–water partition coefficient (Wildman–Crippen LogP) is 4.25. The van der Waals surface area contributed by atoms with Crippen molar-refractivity contribution in [2.24, 2.45) is 5.92 Å². The fraction of sp³-hybridized carbons (Fsp3) is 0.238. The number of phenolic OH excluding ortho intramolecular Hbond substituents is 1.